The van der Waals surface area contributed by atoms with Crippen LogP contribution in [0.3, 0.4) is 0 Å². The third kappa shape index (κ3) is 4.47. The molecule has 0 spiro atoms. The quantitative estimate of drug-likeness (QED) is 0.629. The van der Waals surface area contributed by atoms with Crippen molar-refractivity contribution in [2.24, 2.45) is 0 Å². The number of sulfonamides is 1. The number of carbonyl (C=O) groups is 1. The number of amides is 1. The van der Waals surface area contributed by atoms with Crippen molar-refractivity contribution < 1.29 is 21.6 Å². The average Bonchev–Trinajstić information content (AvgIpc) is 3.05. The summed E-state index contributed by atoms with van der Waals surface area (Å²) in [4.78, 5) is 12.6. The molecule has 4 rings (SSSR count). The highest BCUT2D eigenvalue weighted by atomic mass is 32.2. The van der Waals surface area contributed by atoms with E-state index < -0.39 is 31.8 Å². The molecule has 156 valence electrons. The number of anilines is 1. The Hall–Kier alpha value is -2.91. The van der Waals surface area contributed by atoms with Gasteiger partial charge in [0.2, 0.25) is 0 Å². The third-order valence-corrected chi connectivity index (χ3v) is 8.12. The molecular weight excluding hydrogens is 424 g/mol. The first kappa shape index (κ1) is 20.4. The lowest BCUT2D eigenvalue weighted by atomic mass is 10.1. The second kappa shape index (κ2) is 7.73. The van der Waals surface area contributed by atoms with Crippen molar-refractivity contribution in [3.63, 3.8) is 0 Å². The predicted octanol–water partition coefficient (Wildman–Crippen LogP) is 2.56. The topological polar surface area (TPSA) is 109 Å². The van der Waals surface area contributed by atoms with Crippen LogP contribution in [-0.2, 0) is 19.9 Å². The monoisotopic (exact) mass is 444 g/mol. The van der Waals surface area contributed by atoms with Gasteiger partial charge >= 0.3 is 0 Å². The summed E-state index contributed by atoms with van der Waals surface area (Å²) in [5.74, 6) is -0.458. The first-order valence-electron chi connectivity index (χ1n) is 9.35. The molecule has 1 amide bonds. The van der Waals surface area contributed by atoms with Crippen LogP contribution < -0.4 is 10.0 Å². The van der Waals surface area contributed by atoms with Gasteiger partial charge in [0.15, 0.2) is 9.84 Å². The fraction of sp³-hybridized carbons (Fsp3) is 0.190. The zero-order chi connectivity index (χ0) is 21.4. The molecule has 3 aromatic rings. The number of sulfone groups is 1. The molecule has 7 nitrogen and oxygen atoms in total. The molecule has 1 atom stereocenters. The Kier molecular flexibility index (Phi) is 5.25. The van der Waals surface area contributed by atoms with Gasteiger partial charge < -0.3 is 5.32 Å². The molecule has 2 N–H and O–H groups in total. The van der Waals surface area contributed by atoms with Crippen LogP contribution in [0.1, 0.15) is 16.8 Å². The van der Waals surface area contributed by atoms with Gasteiger partial charge in [-0.15, -0.1) is 0 Å². The number of benzene rings is 3. The number of fused-ring (bicyclic) bond motifs is 1. The van der Waals surface area contributed by atoms with E-state index in [0.29, 0.717) is 6.42 Å². The van der Waals surface area contributed by atoms with Crippen LogP contribution in [-0.4, -0.2) is 40.3 Å². The maximum Gasteiger partial charge on any atom is 0.261 e. The first-order valence-corrected chi connectivity index (χ1v) is 12.7. The van der Waals surface area contributed by atoms with Crippen molar-refractivity contribution in [1.29, 1.82) is 0 Å². The Morgan fingerprint density at radius 3 is 2.43 bits per heavy atom. The Labute approximate surface area is 175 Å². The van der Waals surface area contributed by atoms with Crippen LogP contribution in [0.4, 0.5) is 5.69 Å². The Balaban J connectivity index is 1.52. The van der Waals surface area contributed by atoms with Crippen molar-refractivity contribution in [2.45, 2.75) is 17.4 Å². The van der Waals surface area contributed by atoms with Crippen molar-refractivity contribution in [3.8, 4) is 0 Å². The molecule has 0 unspecified atom stereocenters. The van der Waals surface area contributed by atoms with E-state index >= 15 is 0 Å². The summed E-state index contributed by atoms with van der Waals surface area (Å²) in [5.41, 5.74) is 0.493. The summed E-state index contributed by atoms with van der Waals surface area (Å²) >= 11 is 0. The smallest absolute Gasteiger partial charge is 0.261 e. The van der Waals surface area contributed by atoms with E-state index in [0.717, 1.165) is 10.8 Å². The van der Waals surface area contributed by atoms with Crippen molar-refractivity contribution in [2.75, 3.05) is 16.2 Å². The van der Waals surface area contributed by atoms with E-state index in [1.165, 1.54) is 12.1 Å². The van der Waals surface area contributed by atoms with Crippen molar-refractivity contribution in [3.05, 3.63) is 72.3 Å². The molecule has 3 aromatic carbocycles. The van der Waals surface area contributed by atoms with Gasteiger partial charge in [0, 0.05) is 17.3 Å². The summed E-state index contributed by atoms with van der Waals surface area (Å²) in [6, 6.07) is 18.0. The summed E-state index contributed by atoms with van der Waals surface area (Å²) in [7, 11) is -6.95. The highest BCUT2D eigenvalue weighted by Gasteiger charge is 2.29. The van der Waals surface area contributed by atoms with Gasteiger partial charge in [0.25, 0.3) is 15.9 Å². The molecule has 0 saturated carbocycles. The minimum atomic E-state index is -3.85. The van der Waals surface area contributed by atoms with Gasteiger partial charge in [0.05, 0.1) is 16.4 Å². The minimum Gasteiger partial charge on any atom is -0.348 e. The first-order chi connectivity index (χ1) is 14.2. The van der Waals surface area contributed by atoms with E-state index in [1.807, 2.05) is 24.3 Å². The lowest BCUT2D eigenvalue weighted by molar-refractivity contribution is 0.0941. The second-order valence-corrected chi connectivity index (χ2v) is 11.2. The molecule has 0 aromatic heterocycles. The summed E-state index contributed by atoms with van der Waals surface area (Å²) in [5, 5.41) is 4.44. The fourth-order valence-electron chi connectivity index (χ4n) is 3.45. The predicted molar refractivity (Wildman–Crippen MR) is 116 cm³/mol. The molecular formula is C21H20N2O5S2. The van der Waals surface area contributed by atoms with Gasteiger partial charge in [-0.05, 0) is 47.5 Å². The highest BCUT2D eigenvalue weighted by Crippen LogP contribution is 2.22. The van der Waals surface area contributed by atoms with Crippen LogP contribution in [0.5, 0.6) is 0 Å². The van der Waals surface area contributed by atoms with Crippen LogP contribution >= 0.6 is 0 Å². The molecule has 0 radical (unpaired) electrons. The Morgan fingerprint density at radius 2 is 1.70 bits per heavy atom. The van der Waals surface area contributed by atoms with Crippen LogP contribution in [0.2, 0.25) is 0 Å². The Morgan fingerprint density at radius 1 is 0.933 bits per heavy atom. The van der Waals surface area contributed by atoms with E-state index in [9.17, 15) is 21.6 Å². The van der Waals surface area contributed by atoms with Gasteiger partial charge in [-0.1, -0.05) is 36.4 Å². The summed E-state index contributed by atoms with van der Waals surface area (Å²) in [6.07, 6.45) is 0.377. The number of hydrogen-bond acceptors (Lipinski definition) is 5. The van der Waals surface area contributed by atoms with E-state index in [-0.39, 0.29) is 27.7 Å². The molecule has 1 saturated heterocycles. The van der Waals surface area contributed by atoms with Gasteiger partial charge in [0.1, 0.15) is 0 Å². The normalized spacial score (nSPS) is 18.2. The van der Waals surface area contributed by atoms with Crippen LogP contribution in [0.15, 0.2) is 71.6 Å². The number of hydrogen-bond donors (Lipinski definition) is 2. The lowest BCUT2D eigenvalue weighted by Crippen LogP contribution is -2.35. The molecule has 1 aliphatic rings. The number of carbonyl (C=O) groups excluding carboxylic acids is 1. The summed E-state index contributed by atoms with van der Waals surface area (Å²) < 4.78 is 51.2. The standard InChI is InChI=1S/C21H20N2O5S2/c24-21(22-19-10-11-29(25,26)14-19)17-6-3-7-18(12-17)23-30(27,28)20-9-8-15-4-1-2-5-16(15)13-20/h1-9,12-13,19,23H,10-11,14H2,(H,22,24)/t19-/m1/s1. The zero-order valence-corrected chi connectivity index (χ0v) is 17.5. The number of rotatable bonds is 5. The van der Waals surface area contributed by atoms with Crippen LogP contribution in [0.25, 0.3) is 10.8 Å². The molecule has 30 heavy (non-hydrogen) atoms. The van der Waals surface area contributed by atoms with E-state index in [4.69, 9.17) is 0 Å². The molecule has 9 heteroatoms. The molecule has 1 aliphatic heterocycles. The Bertz CT molecular complexity index is 1330. The second-order valence-electron chi connectivity index (χ2n) is 7.27. The third-order valence-electron chi connectivity index (χ3n) is 4.98. The lowest BCUT2D eigenvalue weighted by Gasteiger charge is -2.13. The van der Waals surface area contributed by atoms with Gasteiger partial charge in [-0.3, -0.25) is 9.52 Å². The SMILES string of the molecule is O=C(N[C@@H]1CCS(=O)(=O)C1)c1cccc(NS(=O)(=O)c2ccc3ccccc3c2)c1. The molecule has 1 heterocycles. The van der Waals surface area contributed by atoms with Crippen molar-refractivity contribution in [1.82, 2.24) is 5.32 Å². The molecule has 1 fully saturated rings. The highest BCUT2D eigenvalue weighted by molar-refractivity contribution is 7.92. The van der Waals surface area contributed by atoms with Gasteiger partial charge in [-0.2, -0.15) is 0 Å². The van der Waals surface area contributed by atoms with E-state index in [2.05, 4.69) is 10.0 Å². The fourth-order valence-corrected chi connectivity index (χ4v) is 6.21. The molecule has 0 bridgehead atoms. The number of nitrogens with one attached hydrogen (secondary N) is 2. The van der Waals surface area contributed by atoms with Gasteiger partial charge in [-0.25, -0.2) is 16.8 Å². The minimum absolute atomic E-state index is 0.0591. The average molecular weight is 445 g/mol. The summed E-state index contributed by atoms with van der Waals surface area (Å²) in [6.45, 7) is 0. The van der Waals surface area contributed by atoms with Crippen LogP contribution in [0, 0.1) is 0 Å². The largest absolute Gasteiger partial charge is 0.348 e. The maximum absolute atomic E-state index is 12.8. The van der Waals surface area contributed by atoms with E-state index in [1.54, 1.807) is 30.3 Å². The maximum atomic E-state index is 12.8. The zero-order valence-electron chi connectivity index (χ0n) is 15.9. The van der Waals surface area contributed by atoms with Crippen molar-refractivity contribution >= 4 is 42.2 Å². The molecule has 0 aliphatic carbocycles.